The largest absolute Gasteiger partial charge is 0.465 e. The van der Waals surface area contributed by atoms with Crippen molar-refractivity contribution in [3.63, 3.8) is 0 Å². The van der Waals surface area contributed by atoms with E-state index >= 15 is 0 Å². The lowest BCUT2D eigenvalue weighted by Crippen LogP contribution is -2.21. The van der Waals surface area contributed by atoms with Crippen LogP contribution in [0.3, 0.4) is 0 Å². The van der Waals surface area contributed by atoms with E-state index in [2.05, 4.69) is 10.3 Å². The Labute approximate surface area is 142 Å². The fraction of sp³-hybridized carbons (Fsp3) is 0.125. The second-order valence-corrected chi connectivity index (χ2v) is 5.06. The average molecular weight is 346 g/mol. The first-order chi connectivity index (χ1) is 11.9. The molecule has 1 heterocycles. The number of nitrogen functional groups attached to an aromatic ring is 1. The van der Waals surface area contributed by atoms with Gasteiger partial charge in [0, 0.05) is 47.3 Å². The zero-order valence-electron chi connectivity index (χ0n) is 13.0. The maximum Gasteiger partial charge on any atom is 0.404 e. The number of amides is 1. The smallest absolute Gasteiger partial charge is 0.404 e. The number of carbonyl (C=O) groups is 1. The lowest BCUT2D eigenvalue weighted by Gasteiger charge is -2.07. The van der Waals surface area contributed by atoms with Gasteiger partial charge in [0.25, 0.3) is 5.69 Å². The number of hydrogen-bond acceptors (Lipinski definition) is 5. The standard InChI is InChI=1S/C16H15FN4O4/c17-15-10(3-1-2-6-19-16(22)23)7-11(9-20-15)13-5-4-12(21(24)25)8-14(13)18/h1,3-5,7-9,19H,2,6,18H2,(H,22,23). The molecule has 8 nitrogen and oxygen atoms in total. The minimum Gasteiger partial charge on any atom is -0.465 e. The highest BCUT2D eigenvalue weighted by molar-refractivity contribution is 5.78. The fourth-order valence-electron chi connectivity index (χ4n) is 2.13. The van der Waals surface area contributed by atoms with E-state index in [9.17, 15) is 19.3 Å². The third-order valence-electron chi connectivity index (χ3n) is 3.31. The summed E-state index contributed by atoms with van der Waals surface area (Å²) in [5.41, 5.74) is 7.10. The molecule has 1 amide bonds. The van der Waals surface area contributed by atoms with Crippen LogP contribution >= 0.6 is 0 Å². The lowest BCUT2D eigenvalue weighted by molar-refractivity contribution is -0.384. The second kappa shape index (κ2) is 7.86. The number of nitrogens with one attached hydrogen (secondary N) is 1. The highest BCUT2D eigenvalue weighted by Gasteiger charge is 2.12. The van der Waals surface area contributed by atoms with Gasteiger partial charge in [-0.05, 0) is 18.6 Å². The maximum atomic E-state index is 13.8. The molecule has 0 fully saturated rings. The van der Waals surface area contributed by atoms with Gasteiger partial charge in [0.2, 0.25) is 5.95 Å². The average Bonchev–Trinajstić information content (AvgIpc) is 2.56. The highest BCUT2D eigenvalue weighted by atomic mass is 19.1. The molecule has 25 heavy (non-hydrogen) atoms. The number of nitro groups is 1. The summed E-state index contributed by atoms with van der Waals surface area (Å²) in [4.78, 5) is 24.2. The molecule has 2 rings (SSSR count). The van der Waals surface area contributed by atoms with Crippen molar-refractivity contribution in [1.29, 1.82) is 0 Å². The molecule has 0 atom stereocenters. The van der Waals surface area contributed by atoms with Crippen molar-refractivity contribution >= 4 is 23.5 Å². The zero-order chi connectivity index (χ0) is 18.4. The Morgan fingerprint density at radius 3 is 2.84 bits per heavy atom. The van der Waals surface area contributed by atoms with Gasteiger partial charge in [-0.2, -0.15) is 4.39 Å². The molecule has 4 N–H and O–H groups in total. The lowest BCUT2D eigenvalue weighted by atomic mass is 10.0. The predicted octanol–water partition coefficient (Wildman–Crippen LogP) is 3.05. The summed E-state index contributed by atoms with van der Waals surface area (Å²) >= 11 is 0. The van der Waals surface area contributed by atoms with Crippen molar-refractivity contribution in [2.45, 2.75) is 6.42 Å². The van der Waals surface area contributed by atoms with Crippen LogP contribution in [0.15, 0.2) is 36.5 Å². The Morgan fingerprint density at radius 1 is 1.44 bits per heavy atom. The van der Waals surface area contributed by atoms with E-state index in [0.29, 0.717) is 17.5 Å². The van der Waals surface area contributed by atoms with Gasteiger partial charge in [-0.25, -0.2) is 9.78 Å². The molecular weight excluding hydrogens is 331 g/mol. The number of carboxylic acid groups (broad SMARTS) is 1. The molecule has 0 aliphatic carbocycles. The Kier molecular flexibility index (Phi) is 5.62. The minimum absolute atomic E-state index is 0.137. The number of nitro benzene ring substituents is 1. The van der Waals surface area contributed by atoms with Crippen molar-refractivity contribution < 1.29 is 19.2 Å². The molecule has 9 heteroatoms. The van der Waals surface area contributed by atoms with E-state index in [1.54, 1.807) is 6.08 Å². The van der Waals surface area contributed by atoms with Gasteiger partial charge in [0.05, 0.1) is 4.92 Å². The molecule has 0 aliphatic rings. The number of anilines is 1. The van der Waals surface area contributed by atoms with Crippen LogP contribution in [0.1, 0.15) is 12.0 Å². The SMILES string of the molecule is Nc1cc([N+](=O)[O-])ccc1-c1cnc(F)c(C=CCCNC(=O)O)c1. The van der Waals surface area contributed by atoms with Gasteiger partial charge in [0.15, 0.2) is 0 Å². The molecule has 0 bridgehead atoms. The molecular formula is C16H15FN4O4. The van der Waals surface area contributed by atoms with Gasteiger partial charge in [-0.15, -0.1) is 0 Å². The van der Waals surface area contributed by atoms with Gasteiger partial charge < -0.3 is 16.2 Å². The Hall–Kier alpha value is -3.49. The summed E-state index contributed by atoms with van der Waals surface area (Å²) in [6, 6.07) is 5.53. The van der Waals surface area contributed by atoms with E-state index in [-0.39, 0.29) is 23.5 Å². The predicted molar refractivity (Wildman–Crippen MR) is 90.4 cm³/mol. The van der Waals surface area contributed by atoms with Gasteiger partial charge >= 0.3 is 6.09 Å². The number of halogens is 1. The number of nitrogens with zero attached hydrogens (tertiary/aromatic N) is 2. The van der Waals surface area contributed by atoms with Crippen LogP contribution < -0.4 is 11.1 Å². The van der Waals surface area contributed by atoms with Crippen LogP contribution in [0.25, 0.3) is 17.2 Å². The number of aromatic nitrogens is 1. The van der Waals surface area contributed by atoms with Crippen molar-refractivity contribution in [1.82, 2.24) is 10.3 Å². The van der Waals surface area contributed by atoms with Crippen LogP contribution in [0.5, 0.6) is 0 Å². The number of non-ortho nitro benzene ring substituents is 1. The normalized spacial score (nSPS) is 10.8. The molecule has 0 unspecified atom stereocenters. The molecule has 2 aromatic rings. The topological polar surface area (TPSA) is 131 Å². The number of benzene rings is 1. The monoisotopic (exact) mass is 346 g/mol. The molecule has 130 valence electrons. The zero-order valence-corrected chi connectivity index (χ0v) is 13.0. The molecule has 0 saturated carbocycles. The van der Waals surface area contributed by atoms with Crippen molar-refractivity contribution in [2.75, 3.05) is 12.3 Å². The van der Waals surface area contributed by atoms with Crippen LogP contribution in [-0.2, 0) is 0 Å². The van der Waals surface area contributed by atoms with Crippen molar-refractivity contribution in [3.8, 4) is 11.1 Å². The maximum absolute atomic E-state index is 13.8. The third kappa shape index (κ3) is 4.74. The second-order valence-electron chi connectivity index (χ2n) is 5.06. The van der Waals surface area contributed by atoms with E-state index in [4.69, 9.17) is 10.8 Å². The number of hydrogen-bond donors (Lipinski definition) is 3. The van der Waals surface area contributed by atoms with Crippen LogP contribution in [0.2, 0.25) is 0 Å². The Balaban J connectivity index is 2.22. The molecule has 0 saturated heterocycles. The number of nitrogens with two attached hydrogens (primary N) is 1. The molecule has 0 spiro atoms. The number of pyridine rings is 1. The fourth-order valence-corrected chi connectivity index (χ4v) is 2.13. The Bertz CT molecular complexity index is 839. The summed E-state index contributed by atoms with van der Waals surface area (Å²) in [5, 5.41) is 21.4. The van der Waals surface area contributed by atoms with Gasteiger partial charge in [0.1, 0.15) is 0 Å². The first-order valence-electron chi connectivity index (χ1n) is 7.21. The van der Waals surface area contributed by atoms with Crippen molar-refractivity contribution in [3.05, 3.63) is 58.2 Å². The van der Waals surface area contributed by atoms with Crippen molar-refractivity contribution in [2.24, 2.45) is 0 Å². The first-order valence-corrected chi connectivity index (χ1v) is 7.21. The van der Waals surface area contributed by atoms with Crippen LogP contribution in [0.4, 0.5) is 20.6 Å². The van der Waals surface area contributed by atoms with E-state index in [1.807, 2.05) is 0 Å². The summed E-state index contributed by atoms with van der Waals surface area (Å²) < 4.78 is 13.8. The van der Waals surface area contributed by atoms with E-state index in [0.717, 1.165) is 0 Å². The summed E-state index contributed by atoms with van der Waals surface area (Å²) in [6.07, 6.45) is 3.64. The first kappa shape index (κ1) is 17.9. The molecule has 0 radical (unpaired) electrons. The van der Waals surface area contributed by atoms with E-state index < -0.39 is 17.0 Å². The minimum atomic E-state index is -1.13. The molecule has 0 aliphatic heterocycles. The van der Waals surface area contributed by atoms with Gasteiger partial charge in [-0.1, -0.05) is 12.2 Å². The van der Waals surface area contributed by atoms with Gasteiger partial charge in [-0.3, -0.25) is 10.1 Å². The number of rotatable bonds is 6. The summed E-state index contributed by atoms with van der Waals surface area (Å²) in [7, 11) is 0. The van der Waals surface area contributed by atoms with Crippen LogP contribution in [-0.4, -0.2) is 27.7 Å². The summed E-state index contributed by atoms with van der Waals surface area (Å²) in [5.74, 6) is -0.688. The van der Waals surface area contributed by atoms with E-state index in [1.165, 1.54) is 36.5 Å². The third-order valence-corrected chi connectivity index (χ3v) is 3.31. The Morgan fingerprint density at radius 2 is 2.20 bits per heavy atom. The van der Waals surface area contributed by atoms with Crippen LogP contribution in [0, 0.1) is 16.1 Å². The quantitative estimate of drug-likeness (QED) is 0.242. The molecule has 1 aromatic carbocycles. The molecule has 1 aromatic heterocycles. The highest BCUT2D eigenvalue weighted by Crippen LogP contribution is 2.30. The summed E-state index contributed by atoms with van der Waals surface area (Å²) in [6.45, 7) is 0.204.